The molecule has 0 saturated heterocycles. The molecule has 0 aliphatic rings. The Labute approximate surface area is 247 Å². The minimum Gasteiger partial charge on any atom is -1.00 e. The van der Waals surface area contributed by atoms with Crippen molar-refractivity contribution in [3.05, 3.63) is 0 Å². The summed E-state index contributed by atoms with van der Waals surface area (Å²) >= 11 is 12.1. The summed E-state index contributed by atoms with van der Waals surface area (Å²) in [5, 5.41) is 8.55. The summed E-state index contributed by atoms with van der Waals surface area (Å²) in [5.74, 6) is 0. The van der Waals surface area contributed by atoms with Gasteiger partial charge in [-0.2, -0.15) is 70.6 Å². The zero-order valence-electron chi connectivity index (χ0n) is 17.1. The molecule has 26 heavy (non-hydrogen) atoms. The minimum atomic E-state index is -0.861. The van der Waals surface area contributed by atoms with E-state index in [2.05, 4.69) is 50.6 Å². The predicted octanol–water partition coefficient (Wildman–Crippen LogP) is -0.454. The molecular weight excluding hydrogens is 798 g/mol. The van der Waals surface area contributed by atoms with Gasteiger partial charge in [-0.1, -0.05) is 13.1 Å². The third kappa shape index (κ3) is 27.1. The van der Waals surface area contributed by atoms with Crippen molar-refractivity contribution in [2.75, 3.05) is 69.8 Å². The Kier molecular flexibility index (Phi) is 51.6. The third-order valence-electron chi connectivity index (χ3n) is 2.96. The van der Waals surface area contributed by atoms with Crippen LogP contribution in [0.15, 0.2) is 0 Å². The first-order valence-electron chi connectivity index (χ1n) is 7.30. The van der Waals surface area contributed by atoms with Crippen molar-refractivity contribution in [3.63, 3.8) is 0 Å². The van der Waals surface area contributed by atoms with Gasteiger partial charge in [0.2, 0.25) is 0 Å². The van der Waals surface area contributed by atoms with Crippen LogP contribution in [0, 0.1) is 0 Å². The van der Waals surface area contributed by atoms with Gasteiger partial charge in [0.15, 0.2) is 0 Å². The molecule has 0 bridgehead atoms. The Hall–Kier alpha value is 5.03. The number of thioether (sulfide) groups is 6. The van der Waals surface area contributed by atoms with Crippen molar-refractivity contribution in [2.45, 2.75) is 13.1 Å². The van der Waals surface area contributed by atoms with Gasteiger partial charge in [-0.05, 0) is 69.8 Å². The Morgan fingerprint density at radius 1 is 0.423 bits per heavy atom. The predicted molar refractivity (Wildman–Crippen MR) is 134 cm³/mol. The van der Waals surface area contributed by atoms with E-state index >= 15 is 0 Å². The van der Waals surface area contributed by atoms with Crippen molar-refractivity contribution in [1.82, 2.24) is 0 Å². The first-order valence-corrected chi connectivity index (χ1v) is 21.9. The molecule has 0 saturated carbocycles. The molecule has 0 aliphatic heterocycles. The van der Waals surface area contributed by atoms with Crippen LogP contribution in [0.5, 0.6) is 0 Å². The number of hydrogen-bond acceptors (Lipinski definition) is 6. The van der Waals surface area contributed by atoms with E-state index in [9.17, 15) is 0 Å². The average Bonchev–Trinajstić information content (AvgIpc) is 2.40. The molecule has 0 atom stereocenters. The van der Waals surface area contributed by atoms with Crippen LogP contribution in [0.25, 0.3) is 0 Å². The van der Waals surface area contributed by atoms with Crippen molar-refractivity contribution < 1.29 is 82.1 Å². The zero-order chi connectivity index (χ0) is 17.5. The van der Waals surface area contributed by atoms with Gasteiger partial charge in [-0.3, -0.25) is 0 Å². The number of rotatable bonds is 12. The van der Waals surface area contributed by atoms with Crippen LogP contribution in [0.1, 0.15) is 0 Å². The number of halogens is 2. The second-order valence-electron chi connectivity index (χ2n) is 6.22. The van der Waals surface area contributed by atoms with Gasteiger partial charge < -0.3 is 48.0 Å². The number of hydrogen-bond donors (Lipinski definition) is 0. The Morgan fingerprint density at radius 3 is 0.615 bits per heavy atom. The van der Waals surface area contributed by atoms with Crippen LogP contribution < -0.4 is 48.0 Å². The van der Waals surface area contributed by atoms with E-state index in [4.69, 9.17) is 0 Å². The molecule has 0 heterocycles. The van der Waals surface area contributed by atoms with Gasteiger partial charge in [0.05, 0.1) is 16.1 Å². The normalized spacial score (nSPS) is 10.2. The SMILES string of the molecule is CSC[Si](C)(CSC)CSC.CSC[Si](C)(CSC)CSC.[Cu+].[Cu+].[I-].[I-]. The van der Waals surface area contributed by atoms with E-state index in [-0.39, 0.29) is 82.1 Å². The minimum absolute atomic E-state index is 0. The van der Waals surface area contributed by atoms with Crippen LogP contribution >= 0.6 is 70.6 Å². The van der Waals surface area contributed by atoms with Crippen LogP contribution in [0.3, 0.4) is 0 Å². The standard InChI is InChI=1S/2C7H18S3Si.2Cu.2HI/c2*1-8-5-11(4,6-9-2)7-10-3;;;;/h2*5-7H2,1-4H3;;;2*1H/q;;2*+1;;/p-2. The first-order chi connectivity index (χ1) is 10.4. The van der Waals surface area contributed by atoms with Crippen LogP contribution in [-0.4, -0.2) is 85.9 Å². The molecular formula is C14H36Cu2I2S6Si2. The molecule has 12 heteroatoms. The molecule has 0 nitrogen and oxygen atoms in total. The van der Waals surface area contributed by atoms with E-state index in [1.54, 1.807) is 0 Å². The van der Waals surface area contributed by atoms with Crippen LogP contribution in [0.2, 0.25) is 13.1 Å². The van der Waals surface area contributed by atoms with Crippen molar-refractivity contribution in [2.24, 2.45) is 0 Å². The van der Waals surface area contributed by atoms with E-state index in [1.165, 1.54) is 32.3 Å². The Bertz CT molecular complexity index is 205. The largest absolute Gasteiger partial charge is 1.00 e. The van der Waals surface area contributed by atoms with Crippen LogP contribution in [-0.2, 0) is 34.1 Å². The topological polar surface area (TPSA) is 0 Å². The van der Waals surface area contributed by atoms with E-state index in [1.807, 2.05) is 70.6 Å². The summed E-state index contributed by atoms with van der Waals surface area (Å²) in [7, 11) is -1.72. The molecule has 0 radical (unpaired) electrons. The molecule has 0 spiro atoms. The smallest absolute Gasteiger partial charge is 1.00 e. The zero-order valence-corrected chi connectivity index (χ0v) is 30.1. The first kappa shape index (κ1) is 44.7. The molecule has 0 fully saturated rings. The second kappa shape index (κ2) is 30.0. The van der Waals surface area contributed by atoms with Crippen molar-refractivity contribution >= 4 is 86.7 Å². The molecule has 0 N–H and O–H groups in total. The summed E-state index contributed by atoms with van der Waals surface area (Å²) in [5.41, 5.74) is 0. The molecule has 0 aromatic heterocycles. The van der Waals surface area contributed by atoms with Gasteiger partial charge in [0.1, 0.15) is 0 Å². The average molecular weight is 834 g/mol. The van der Waals surface area contributed by atoms with Gasteiger partial charge in [0, 0.05) is 0 Å². The molecule has 172 valence electrons. The summed E-state index contributed by atoms with van der Waals surface area (Å²) in [6, 6.07) is 0. The van der Waals surface area contributed by atoms with Crippen molar-refractivity contribution in [1.29, 1.82) is 0 Å². The fourth-order valence-corrected chi connectivity index (χ4v) is 25.6. The summed E-state index contributed by atoms with van der Waals surface area (Å²) in [6.45, 7) is 5.05. The maximum atomic E-state index is 2.52. The van der Waals surface area contributed by atoms with E-state index in [0.29, 0.717) is 0 Å². The Balaban J connectivity index is -0.0000000667. The molecule has 0 rings (SSSR count). The molecule has 0 aromatic rings. The molecule has 0 unspecified atom stereocenters. The molecule has 0 aliphatic carbocycles. The quantitative estimate of drug-likeness (QED) is 0.192. The third-order valence-corrected chi connectivity index (χ3v) is 26.6. The van der Waals surface area contributed by atoms with Gasteiger partial charge in [0.25, 0.3) is 0 Å². The Morgan fingerprint density at radius 2 is 0.538 bits per heavy atom. The molecule has 0 aromatic carbocycles. The second-order valence-corrected chi connectivity index (χ2v) is 23.9. The van der Waals surface area contributed by atoms with Gasteiger partial charge in [-0.25, -0.2) is 0 Å². The van der Waals surface area contributed by atoms with Gasteiger partial charge in [-0.15, -0.1) is 0 Å². The van der Waals surface area contributed by atoms with E-state index < -0.39 is 16.1 Å². The fourth-order valence-electron chi connectivity index (χ4n) is 2.34. The van der Waals surface area contributed by atoms with Crippen molar-refractivity contribution in [3.8, 4) is 0 Å². The summed E-state index contributed by atoms with van der Waals surface area (Å²) in [6.07, 6.45) is 13.4. The maximum absolute atomic E-state index is 2.52. The van der Waals surface area contributed by atoms with E-state index in [0.717, 1.165) is 0 Å². The summed E-state index contributed by atoms with van der Waals surface area (Å²) in [4.78, 5) is 0. The monoisotopic (exact) mass is 832 g/mol. The van der Waals surface area contributed by atoms with Gasteiger partial charge >= 0.3 is 34.1 Å². The molecule has 0 amide bonds. The summed E-state index contributed by atoms with van der Waals surface area (Å²) < 4.78 is 0. The van der Waals surface area contributed by atoms with Crippen LogP contribution in [0.4, 0.5) is 0 Å². The fraction of sp³-hybridized carbons (Fsp3) is 1.00. The maximum Gasteiger partial charge on any atom is 1.00 e.